The highest BCUT2D eigenvalue weighted by molar-refractivity contribution is 8.00. The van der Waals surface area contributed by atoms with Crippen LogP contribution in [0, 0.1) is 17.1 Å². The fourth-order valence-corrected chi connectivity index (χ4v) is 3.14. The Bertz CT molecular complexity index is 953. The monoisotopic (exact) mass is 401 g/mol. The van der Waals surface area contributed by atoms with E-state index in [1.165, 1.54) is 46.5 Å². The van der Waals surface area contributed by atoms with Crippen LogP contribution in [0.15, 0.2) is 46.6 Å². The second kappa shape index (κ2) is 9.09. The number of nitriles is 1. The van der Waals surface area contributed by atoms with E-state index < -0.39 is 11.1 Å². The Morgan fingerprint density at radius 1 is 1.39 bits per heavy atom. The molecule has 2 aromatic heterocycles. The zero-order valence-corrected chi connectivity index (χ0v) is 15.7. The number of aromatic nitrogens is 5. The third kappa shape index (κ3) is 4.92. The van der Waals surface area contributed by atoms with Gasteiger partial charge in [0.2, 0.25) is 11.8 Å². The summed E-state index contributed by atoms with van der Waals surface area (Å²) in [5, 5.41) is 20.4. The van der Waals surface area contributed by atoms with Crippen molar-refractivity contribution in [1.82, 2.24) is 25.0 Å². The van der Waals surface area contributed by atoms with Gasteiger partial charge in [-0.05, 0) is 31.2 Å². The highest BCUT2D eigenvalue weighted by Crippen LogP contribution is 2.26. The van der Waals surface area contributed by atoms with Crippen LogP contribution in [0.25, 0.3) is 0 Å². The second-order valence-electron chi connectivity index (χ2n) is 5.69. The van der Waals surface area contributed by atoms with Gasteiger partial charge in [0.1, 0.15) is 25.0 Å². The molecule has 9 nitrogen and oxygen atoms in total. The van der Waals surface area contributed by atoms with Crippen molar-refractivity contribution >= 4 is 23.4 Å². The number of thioether (sulfide) groups is 1. The number of hydrogen-bond acceptors (Lipinski definition) is 8. The molecule has 1 atom stereocenters. The van der Waals surface area contributed by atoms with Crippen LogP contribution in [-0.4, -0.2) is 42.7 Å². The molecule has 3 aromatic rings. The normalized spacial score (nSPS) is 11.8. The summed E-state index contributed by atoms with van der Waals surface area (Å²) in [6.45, 7) is 2.18. The highest BCUT2D eigenvalue weighted by Gasteiger charge is 2.25. The Balaban J connectivity index is 1.68. The molecule has 28 heavy (non-hydrogen) atoms. The standard InChI is InChI=1S/C17H16FN7O2S/c1-12(28-17-23-22-15(27-17)9-24-11-20-10-21-24)16(26)25(8-2-7-19)14-5-3-13(18)4-6-14/h3-6,10-12H,2,8-9H2,1H3. The van der Waals surface area contributed by atoms with Crippen LogP contribution in [0.4, 0.5) is 10.1 Å². The fraction of sp³-hybridized carbons (Fsp3) is 0.294. The fourth-order valence-electron chi connectivity index (χ4n) is 2.37. The van der Waals surface area contributed by atoms with Crippen LogP contribution < -0.4 is 4.90 Å². The Hall–Kier alpha value is -3.26. The van der Waals surface area contributed by atoms with Gasteiger partial charge in [-0.2, -0.15) is 10.4 Å². The van der Waals surface area contributed by atoms with Gasteiger partial charge in [0.15, 0.2) is 0 Å². The number of hydrogen-bond donors (Lipinski definition) is 0. The van der Waals surface area contributed by atoms with Crippen molar-refractivity contribution in [3.05, 3.63) is 48.6 Å². The summed E-state index contributed by atoms with van der Waals surface area (Å²) >= 11 is 1.11. The average Bonchev–Trinajstić information content (AvgIpc) is 3.35. The lowest BCUT2D eigenvalue weighted by Gasteiger charge is -2.24. The summed E-state index contributed by atoms with van der Waals surface area (Å²) in [6.07, 6.45) is 3.08. The van der Waals surface area contributed by atoms with E-state index in [9.17, 15) is 9.18 Å². The third-order valence-electron chi connectivity index (χ3n) is 3.69. The summed E-state index contributed by atoms with van der Waals surface area (Å²) < 4.78 is 20.3. The third-order valence-corrected chi connectivity index (χ3v) is 4.61. The minimum atomic E-state index is -0.552. The molecule has 0 fully saturated rings. The summed E-state index contributed by atoms with van der Waals surface area (Å²) in [6, 6.07) is 7.57. The van der Waals surface area contributed by atoms with Crippen molar-refractivity contribution in [1.29, 1.82) is 5.26 Å². The minimum absolute atomic E-state index is 0.156. The van der Waals surface area contributed by atoms with Crippen molar-refractivity contribution < 1.29 is 13.6 Å². The van der Waals surface area contributed by atoms with Gasteiger partial charge in [-0.3, -0.25) is 4.79 Å². The Morgan fingerprint density at radius 2 is 2.18 bits per heavy atom. The van der Waals surface area contributed by atoms with Crippen molar-refractivity contribution in [3.8, 4) is 6.07 Å². The van der Waals surface area contributed by atoms with Crippen molar-refractivity contribution in [2.24, 2.45) is 0 Å². The molecule has 2 heterocycles. The molecule has 0 radical (unpaired) electrons. The average molecular weight is 401 g/mol. The molecule has 0 bridgehead atoms. The number of rotatable bonds is 8. The topological polar surface area (TPSA) is 114 Å². The van der Waals surface area contributed by atoms with Crippen LogP contribution in [0.5, 0.6) is 0 Å². The molecule has 144 valence electrons. The van der Waals surface area contributed by atoms with Crippen LogP contribution in [0.3, 0.4) is 0 Å². The number of halogens is 1. The van der Waals surface area contributed by atoms with Crippen LogP contribution in [0.1, 0.15) is 19.2 Å². The number of amides is 1. The van der Waals surface area contributed by atoms with E-state index in [1.807, 2.05) is 6.07 Å². The lowest BCUT2D eigenvalue weighted by atomic mass is 10.2. The maximum Gasteiger partial charge on any atom is 0.277 e. The van der Waals surface area contributed by atoms with Crippen LogP contribution >= 0.6 is 11.8 Å². The first-order valence-electron chi connectivity index (χ1n) is 8.32. The van der Waals surface area contributed by atoms with E-state index >= 15 is 0 Å². The maximum atomic E-state index is 13.2. The number of carbonyl (C=O) groups is 1. The smallest absolute Gasteiger partial charge is 0.277 e. The summed E-state index contributed by atoms with van der Waals surface area (Å²) in [4.78, 5) is 18.2. The Morgan fingerprint density at radius 3 is 2.86 bits per heavy atom. The summed E-state index contributed by atoms with van der Waals surface area (Å²) in [5.41, 5.74) is 0.520. The lowest BCUT2D eigenvalue weighted by molar-refractivity contribution is -0.117. The maximum absolute atomic E-state index is 13.2. The molecule has 0 aliphatic rings. The van der Waals surface area contributed by atoms with E-state index in [0.29, 0.717) is 11.6 Å². The summed E-state index contributed by atoms with van der Waals surface area (Å²) in [5.74, 6) is -0.306. The molecule has 1 unspecified atom stereocenters. The van der Waals surface area contributed by atoms with E-state index in [1.54, 1.807) is 6.92 Å². The van der Waals surface area contributed by atoms with Gasteiger partial charge in [-0.1, -0.05) is 11.8 Å². The zero-order valence-electron chi connectivity index (χ0n) is 14.9. The SMILES string of the molecule is CC(Sc1nnc(Cn2cncn2)o1)C(=O)N(CCC#N)c1ccc(F)cc1. The Kier molecular flexibility index (Phi) is 6.33. The molecule has 1 amide bonds. The molecule has 3 rings (SSSR count). The molecule has 1 aromatic carbocycles. The molecular formula is C17H16FN7O2S. The van der Waals surface area contributed by atoms with Gasteiger partial charge in [-0.15, -0.1) is 10.2 Å². The van der Waals surface area contributed by atoms with Gasteiger partial charge >= 0.3 is 0 Å². The first-order valence-corrected chi connectivity index (χ1v) is 9.20. The molecule has 0 aliphatic heterocycles. The van der Waals surface area contributed by atoms with Gasteiger partial charge in [-0.25, -0.2) is 14.1 Å². The van der Waals surface area contributed by atoms with E-state index in [2.05, 4.69) is 20.3 Å². The predicted octanol–water partition coefficient (Wildman–Crippen LogP) is 2.28. The minimum Gasteiger partial charge on any atom is -0.414 e. The molecule has 0 saturated carbocycles. The summed E-state index contributed by atoms with van der Waals surface area (Å²) in [7, 11) is 0. The predicted molar refractivity (Wildman–Crippen MR) is 97.7 cm³/mol. The van der Waals surface area contributed by atoms with Crippen molar-refractivity contribution in [2.45, 2.75) is 30.4 Å². The molecular weight excluding hydrogens is 385 g/mol. The van der Waals surface area contributed by atoms with E-state index in [0.717, 1.165) is 11.8 Å². The molecule has 0 N–H and O–H groups in total. The Labute approximate surface area is 164 Å². The van der Waals surface area contributed by atoms with Crippen molar-refractivity contribution in [2.75, 3.05) is 11.4 Å². The van der Waals surface area contributed by atoms with Crippen LogP contribution in [-0.2, 0) is 11.3 Å². The van der Waals surface area contributed by atoms with Gasteiger partial charge in [0.05, 0.1) is 17.7 Å². The van der Waals surface area contributed by atoms with Gasteiger partial charge < -0.3 is 9.32 Å². The molecule has 0 aliphatic carbocycles. The molecule has 0 spiro atoms. The number of anilines is 1. The van der Waals surface area contributed by atoms with Crippen molar-refractivity contribution in [3.63, 3.8) is 0 Å². The van der Waals surface area contributed by atoms with E-state index in [-0.39, 0.29) is 30.6 Å². The highest BCUT2D eigenvalue weighted by atomic mass is 32.2. The second-order valence-corrected chi connectivity index (χ2v) is 6.98. The molecule has 11 heteroatoms. The molecule has 0 saturated heterocycles. The van der Waals surface area contributed by atoms with Gasteiger partial charge in [0.25, 0.3) is 5.22 Å². The largest absolute Gasteiger partial charge is 0.414 e. The number of nitrogens with zero attached hydrogens (tertiary/aromatic N) is 7. The van der Waals surface area contributed by atoms with Gasteiger partial charge in [0, 0.05) is 12.2 Å². The van der Waals surface area contributed by atoms with E-state index in [4.69, 9.17) is 9.68 Å². The quantitative estimate of drug-likeness (QED) is 0.528. The first-order chi connectivity index (χ1) is 13.6. The number of benzene rings is 1. The first kappa shape index (κ1) is 19.5. The number of carbonyl (C=O) groups excluding carboxylic acids is 1. The zero-order chi connectivity index (χ0) is 19.9. The van der Waals surface area contributed by atoms with Crippen LogP contribution in [0.2, 0.25) is 0 Å². The lowest BCUT2D eigenvalue weighted by Crippen LogP contribution is -2.37.